The molecule has 0 bridgehead atoms. The van der Waals surface area contributed by atoms with Gasteiger partial charge in [-0.05, 0) is 67.9 Å². The summed E-state index contributed by atoms with van der Waals surface area (Å²) in [4.78, 5) is 7.04. The number of piperidine rings is 1. The number of nitrogens with zero attached hydrogens (tertiary/aromatic N) is 3. The van der Waals surface area contributed by atoms with Crippen LogP contribution in [0.15, 0.2) is 57.5 Å². The average Bonchev–Trinajstić information content (AvgIpc) is 3.13. The predicted molar refractivity (Wildman–Crippen MR) is 106 cm³/mol. The summed E-state index contributed by atoms with van der Waals surface area (Å²) < 4.78 is 6.72. The zero-order chi connectivity index (χ0) is 18.1. The van der Waals surface area contributed by atoms with Crippen molar-refractivity contribution in [3.8, 4) is 11.4 Å². The van der Waals surface area contributed by atoms with Crippen molar-refractivity contribution in [3.05, 3.63) is 69.5 Å². The van der Waals surface area contributed by atoms with Gasteiger partial charge in [0.25, 0.3) is 0 Å². The van der Waals surface area contributed by atoms with Gasteiger partial charge >= 0.3 is 0 Å². The van der Waals surface area contributed by atoms with Crippen molar-refractivity contribution in [2.75, 3.05) is 20.1 Å². The van der Waals surface area contributed by atoms with Gasteiger partial charge < -0.3 is 9.42 Å². The van der Waals surface area contributed by atoms with E-state index in [0.717, 1.165) is 34.6 Å². The average molecular weight is 433 g/mol. The lowest BCUT2D eigenvalue weighted by molar-refractivity contribution is 0.198. The Morgan fingerprint density at radius 2 is 1.81 bits per heavy atom. The van der Waals surface area contributed by atoms with Crippen molar-refractivity contribution in [1.82, 2.24) is 15.0 Å². The summed E-state index contributed by atoms with van der Waals surface area (Å²) in [5.41, 5.74) is 2.23. The number of hydrogen-bond acceptors (Lipinski definition) is 4. The first-order chi connectivity index (χ1) is 12.6. The van der Waals surface area contributed by atoms with Crippen LogP contribution in [0.1, 0.15) is 29.7 Å². The molecule has 0 saturated carbocycles. The van der Waals surface area contributed by atoms with Crippen LogP contribution in [0, 0.1) is 0 Å². The molecule has 134 valence electrons. The van der Waals surface area contributed by atoms with Crippen LogP contribution in [0.3, 0.4) is 0 Å². The Hall–Kier alpha value is -1.69. The fourth-order valence-electron chi connectivity index (χ4n) is 3.58. The molecular formula is C20H19BrClN3O. The van der Waals surface area contributed by atoms with Gasteiger partial charge in [-0.25, -0.2) is 0 Å². The van der Waals surface area contributed by atoms with Crippen LogP contribution in [0.5, 0.6) is 0 Å². The fraction of sp³-hybridized carbons (Fsp3) is 0.300. The van der Waals surface area contributed by atoms with Gasteiger partial charge in [-0.15, -0.1) is 0 Å². The second kappa shape index (κ2) is 7.51. The Kier molecular flexibility index (Phi) is 5.11. The molecule has 1 aliphatic heterocycles. The van der Waals surface area contributed by atoms with E-state index in [2.05, 4.69) is 45.2 Å². The first-order valence-electron chi connectivity index (χ1n) is 8.64. The third-order valence-corrected chi connectivity index (χ3v) is 5.76. The molecule has 1 fully saturated rings. The normalized spacial score (nSPS) is 21.0. The van der Waals surface area contributed by atoms with Crippen molar-refractivity contribution < 1.29 is 4.52 Å². The van der Waals surface area contributed by atoms with Crippen LogP contribution in [0.25, 0.3) is 11.4 Å². The first-order valence-corrected chi connectivity index (χ1v) is 9.81. The maximum absolute atomic E-state index is 6.06. The molecule has 0 radical (unpaired) electrons. The molecule has 3 aromatic rings. The highest BCUT2D eigenvalue weighted by molar-refractivity contribution is 9.10. The molecule has 4 rings (SSSR count). The highest BCUT2D eigenvalue weighted by atomic mass is 79.9. The molecule has 1 aliphatic rings. The van der Waals surface area contributed by atoms with E-state index in [-0.39, 0.29) is 5.92 Å². The summed E-state index contributed by atoms with van der Waals surface area (Å²) in [6.45, 7) is 1.95. The molecule has 0 unspecified atom stereocenters. The second-order valence-corrected chi connectivity index (χ2v) is 8.13. The van der Waals surface area contributed by atoms with Gasteiger partial charge in [0, 0.05) is 21.6 Å². The van der Waals surface area contributed by atoms with Gasteiger partial charge in [-0.1, -0.05) is 44.8 Å². The summed E-state index contributed by atoms with van der Waals surface area (Å²) >= 11 is 9.51. The summed E-state index contributed by atoms with van der Waals surface area (Å²) in [5, 5.41) is 4.98. The minimum Gasteiger partial charge on any atom is -0.339 e. The third kappa shape index (κ3) is 3.70. The number of hydrogen-bond donors (Lipinski definition) is 0. The van der Waals surface area contributed by atoms with E-state index in [1.165, 1.54) is 5.56 Å². The van der Waals surface area contributed by atoms with Crippen molar-refractivity contribution in [3.63, 3.8) is 0 Å². The van der Waals surface area contributed by atoms with Crippen LogP contribution < -0.4 is 0 Å². The standard InChI is InChI=1S/C20H19BrClN3O/c1-25-11-10-17(13-4-8-16(22)9-5-13)18(12-25)20-23-19(24-26-20)14-2-6-15(21)7-3-14/h2-9,17-18H,10-12H2,1H3/t17-,18+/m1/s1. The molecule has 1 saturated heterocycles. The number of benzene rings is 2. The number of likely N-dealkylation sites (tertiary alicyclic amines) is 1. The van der Waals surface area contributed by atoms with Gasteiger partial charge in [0.1, 0.15) is 0 Å². The highest BCUT2D eigenvalue weighted by Crippen LogP contribution is 2.39. The lowest BCUT2D eigenvalue weighted by atomic mass is 9.80. The Labute approximate surface area is 166 Å². The SMILES string of the molecule is CN1CC[C@H](c2ccc(Cl)cc2)[C@@H](c2nc(-c3ccc(Br)cc3)no2)C1. The molecule has 2 aromatic carbocycles. The number of rotatable bonds is 3. The molecule has 2 heterocycles. The van der Waals surface area contributed by atoms with Gasteiger partial charge in [0.2, 0.25) is 11.7 Å². The predicted octanol–water partition coefficient (Wildman–Crippen LogP) is 5.36. The van der Waals surface area contributed by atoms with Gasteiger partial charge in [-0.3, -0.25) is 0 Å². The quantitative estimate of drug-likeness (QED) is 0.559. The zero-order valence-electron chi connectivity index (χ0n) is 14.4. The summed E-state index contributed by atoms with van der Waals surface area (Å²) in [5.74, 6) is 1.86. The van der Waals surface area contributed by atoms with E-state index in [4.69, 9.17) is 21.1 Å². The van der Waals surface area contributed by atoms with Crippen LogP contribution in [-0.4, -0.2) is 35.2 Å². The van der Waals surface area contributed by atoms with Crippen molar-refractivity contribution in [2.24, 2.45) is 0 Å². The monoisotopic (exact) mass is 431 g/mol. The minimum atomic E-state index is 0.173. The Balaban J connectivity index is 1.64. The molecule has 0 N–H and O–H groups in total. The smallest absolute Gasteiger partial charge is 0.231 e. The zero-order valence-corrected chi connectivity index (χ0v) is 16.7. The van der Waals surface area contributed by atoms with E-state index in [0.29, 0.717) is 17.6 Å². The Morgan fingerprint density at radius 1 is 1.08 bits per heavy atom. The molecule has 6 heteroatoms. The molecule has 0 spiro atoms. The van der Waals surface area contributed by atoms with Crippen LogP contribution >= 0.6 is 27.5 Å². The van der Waals surface area contributed by atoms with Crippen molar-refractivity contribution in [2.45, 2.75) is 18.3 Å². The summed E-state index contributed by atoms with van der Waals surface area (Å²) in [7, 11) is 2.14. The highest BCUT2D eigenvalue weighted by Gasteiger charge is 2.34. The summed E-state index contributed by atoms with van der Waals surface area (Å²) in [6.07, 6.45) is 1.05. The molecule has 26 heavy (non-hydrogen) atoms. The van der Waals surface area contributed by atoms with E-state index in [1.54, 1.807) is 0 Å². The Bertz CT molecular complexity index is 879. The maximum Gasteiger partial charge on any atom is 0.231 e. The second-order valence-electron chi connectivity index (χ2n) is 6.78. The van der Waals surface area contributed by atoms with E-state index in [1.807, 2.05) is 36.4 Å². The lowest BCUT2D eigenvalue weighted by Crippen LogP contribution is -2.35. The van der Waals surface area contributed by atoms with E-state index in [9.17, 15) is 0 Å². The molecule has 0 amide bonds. The van der Waals surface area contributed by atoms with Crippen LogP contribution in [0.2, 0.25) is 5.02 Å². The molecular weight excluding hydrogens is 414 g/mol. The Morgan fingerprint density at radius 3 is 2.54 bits per heavy atom. The molecule has 0 aliphatic carbocycles. The topological polar surface area (TPSA) is 42.2 Å². The third-order valence-electron chi connectivity index (χ3n) is 4.98. The molecule has 1 aromatic heterocycles. The first kappa shape index (κ1) is 17.7. The summed E-state index contributed by atoms with van der Waals surface area (Å²) in [6, 6.07) is 16.1. The van der Waals surface area contributed by atoms with Crippen LogP contribution in [0.4, 0.5) is 0 Å². The number of likely N-dealkylation sites (N-methyl/N-ethyl adjacent to an activating group) is 1. The van der Waals surface area contributed by atoms with Crippen molar-refractivity contribution in [1.29, 1.82) is 0 Å². The molecule has 4 nitrogen and oxygen atoms in total. The molecule has 2 atom stereocenters. The van der Waals surface area contributed by atoms with Crippen molar-refractivity contribution >= 4 is 27.5 Å². The number of aromatic nitrogens is 2. The lowest BCUT2D eigenvalue weighted by Gasteiger charge is -2.35. The maximum atomic E-state index is 6.06. The fourth-order valence-corrected chi connectivity index (χ4v) is 3.97. The number of halogens is 2. The minimum absolute atomic E-state index is 0.173. The van der Waals surface area contributed by atoms with Gasteiger partial charge in [-0.2, -0.15) is 4.98 Å². The van der Waals surface area contributed by atoms with Gasteiger partial charge in [0.15, 0.2) is 0 Å². The van der Waals surface area contributed by atoms with E-state index < -0.39 is 0 Å². The van der Waals surface area contributed by atoms with Crippen LogP contribution in [-0.2, 0) is 0 Å². The largest absolute Gasteiger partial charge is 0.339 e. The van der Waals surface area contributed by atoms with Gasteiger partial charge in [0.05, 0.1) is 5.92 Å². The van der Waals surface area contributed by atoms with E-state index >= 15 is 0 Å².